The lowest BCUT2D eigenvalue weighted by Gasteiger charge is -2.35. The van der Waals surface area contributed by atoms with E-state index >= 15 is 0 Å². The molecule has 0 aliphatic carbocycles. The van der Waals surface area contributed by atoms with Gasteiger partial charge in [-0.15, -0.1) is 0 Å². The molecule has 0 unspecified atom stereocenters. The summed E-state index contributed by atoms with van der Waals surface area (Å²) < 4.78 is 11.0. The number of rotatable bonds is 10. The summed E-state index contributed by atoms with van der Waals surface area (Å²) in [6.07, 6.45) is 3.38. The zero-order chi connectivity index (χ0) is 25.3. The van der Waals surface area contributed by atoms with Crippen LogP contribution in [0.4, 0.5) is 17.5 Å². The molecule has 1 aliphatic heterocycles. The maximum absolute atomic E-state index is 13.0. The van der Waals surface area contributed by atoms with E-state index in [0.717, 1.165) is 41.5 Å². The molecule has 1 saturated heterocycles. The fourth-order valence-corrected chi connectivity index (χ4v) is 4.11. The van der Waals surface area contributed by atoms with Gasteiger partial charge >= 0.3 is 0 Å². The van der Waals surface area contributed by atoms with Crippen molar-refractivity contribution < 1.29 is 14.3 Å². The Kier molecular flexibility index (Phi) is 8.60. The van der Waals surface area contributed by atoms with Crippen LogP contribution in [0.5, 0.6) is 11.5 Å². The van der Waals surface area contributed by atoms with Crippen LogP contribution in [-0.4, -0.2) is 60.7 Å². The molecule has 1 N–H and O–H groups in total. The van der Waals surface area contributed by atoms with Crippen LogP contribution in [0.1, 0.15) is 42.2 Å². The second kappa shape index (κ2) is 12.2. The Labute approximate surface area is 213 Å². The highest BCUT2D eigenvalue weighted by molar-refractivity contribution is 5.94. The Morgan fingerprint density at radius 2 is 1.64 bits per heavy atom. The van der Waals surface area contributed by atoms with Crippen LogP contribution in [0, 0.1) is 6.92 Å². The molecule has 1 amide bonds. The van der Waals surface area contributed by atoms with Crippen molar-refractivity contribution in [1.29, 1.82) is 0 Å². The lowest BCUT2D eigenvalue weighted by Crippen LogP contribution is -2.49. The van der Waals surface area contributed by atoms with Gasteiger partial charge in [-0.3, -0.25) is 4.79 Å². The summed E-state index contributed by atoms with van der Waals surface area (Å²) in [5.41, 5.74) is 2.49. The largest absolute Gasteiger partial charge is 0.497 e. The number of amides is 1. The molecule has 8 nitrogen and oxygen atoms in total. The Morgan fingerprint density at radius 3 is 2.31 bits per heavy atom. The Hall–Kier alpha value is -3.81. The molecule has 2 heterocycles. The van der Waals surface area contributed by atoms with Crippen LogP contribution < -0.4 is 19.7 Å². The van der Waals surface area contributed by atoms with Gasteiger partial charge in [-0.25, -0.2) is 4.98 Å². The van der Waals surface area contributed by atoms with Crippen LogP contribution in [0.15, 0.2) is 54.6 Å². The number of nitrogens with zero attached hydrogens (tertiary/aromatic N) is 4. The quantitative estimate of drug-likeness (QED) is 0.398. The zero-order valence-corrected chi connectivity index (χ0v) is 21.4. The van der Waals surface area contributed by atoms with Crippen LogP contribution in [-0.2, 0) is 0 Å². The van der Waals surface area contributed by atoms with E-state index in [1.54, 1.807) is 7.11 Å². The van der Waals surface area contributed by atoms with Crippen LogP contribution in [0.25, 0.3) is 0 Å². The van der Waals surface area contributed by atoms with Crippen molar-refractivity contribution >= 4 is 23.4 Å². The molecule has 36 heavy (non-hydrogen) atoms. The van der Waals surface area contributed by atoms with E-state index in [9.17, 15) is 4.79 Å². The molecule has 8 heteroatoms. The molecule has 0 atom stereocenters. The van der Waals surface area contributed by atoms with Crippen molar-refractivity contribution in [2.75, 3.05) is 50.1 Å². The second-order valence-electron chi connectivity index (χ2n) is 8.91. The highest BCUT2D eigenvalue weighted by Crippen LogP contribution is 2.22. The third-order valence-electron chi connectivity index (χ3n) is 6.17. The number of carbonyl (C=O) groups excluding carboxylic acids is 1. The summed E-state index contributed by atoms with van der Waals surface area (Å²) in [6, 6.07) is 17.1. The van der Waals surface area contributed by atoms with Gasteiger partial charge in [0.25, 0.3) is 5.91 Å². The van der Waals surface area contributed by atoms with Gasteiger partial charge < -0.3 is 24.6 Å². The van der Waals surface area contributed by atoms with E-state index in [0.29, 0.717) is 44.3 Å². The van der Waals surface area contributed by atoms with Crippen LogP contribution in [0.3, 0.4) is 0 Å². The molecular weight excluding hydrogens is 454 g/mol. The third kappa shape index (κ3) is 6.65. The minimum absolute atomic E-state index is 0.0409. The van der Waals surface area contributed by atoms with Gasteiger partial charge in [0.1, 0.15) is 17.3 Å². The van der Waals surface area contributed by atoms with Crippen molar-refractivity contribution in [3.8, 4) is 11.5 Å². The van der Waals surface area contributed by atoms with Crippen molar-refractivity contribution in [2.24, 2.45) is 0 Å². The molecule has 0 spiro atoms. The molecule has 0 saturated carbocycles. The average Bonchev–Trinajstić information content (AvgIpc) is 2.91. The molecule has 1 aliphatic rings. The zero-order valence-electron chi connectivity index (χ0n) is 21.4. The van der Waals surface area contributed by atoms with E-state index in [2.05, 4.69) is 22.1 Å². The number of hydrogen-bond donors (Lipinski definition) is 1. The summed E-state index contributed by atoms with van der Waals surface area (Å²) in [6.45, 7) is 7.43. The molecule has 4 rings (SSSR count). The van der Waals surface area contributed by atoms with Crippen molar-refractivity contribution in [1.82, 2.24) is 14.9 Å². The monoisotopic (exact) mass is 489 g/mol. The Bertz CT molecular complexity index is 1130. The van der Waals surface area contributed by atoms with Crippen LogP contribution >= 0.6 is 0 Å². The van der Waals surface area contributed by atoms with E-state index in [4.69, 9.17) is 14.5 Å². The maximum Gasteiger partial charge on any atom is 0.253 e. The van der Waals surface area contributed by atoms with E-state index in [-0.39, 0.29) is 5.91 Å². The van der Waals surface area contributed by atoms with Gasteiger partial charge in [-0.2, -0.15) is 4.98 Å². The second-order valence-corrected chi connectivity index (χ2v) is 8.91. The smallest absolute Gasteiger partial charge is 0.253 e. The first-order valence-electron chi connectivity index (χ1n) is 12.6. The Balaban J connectivity index is 1.33. The van der Waals surface area contributed by atoms with Gasteiger partial charge in [-0.05, 0) is 61.9 Å². The average molecular weight is 490 g/mol. The Morgan fingerprint density at radius 1 is 0.944 bits per heavy atom. The number of nitrogens with one attached hydrogen (secondary N) is 1. The number of unbranched alkanes of at least 4 members (excludes halogenated alkanes) is 2. The number of piperazine rings is 1. The number of aryl methyl sites for hydroxylation is 1. The normalized spacial score (nSPS) is 13.4. The molecule has 2 aromatic carbocycles. The number of methoxy groups -OCH3 is 1. The minimum Gasteiger partial charge on any atom is -0.497 e. The van der Waals surface area contributed by atoms with Gasteiger partial charge in [-0.1, -0.05) is 19.8 Å². The number of hydrogen-bond acceptors (Lipinski definition) is 7. The molecule has 0 radical (unpaired) electrons. The fraction of sp³-hybridized carbons (Fsp3) is 0.393. The van der Waals surface area contributed by atoms with Gasteiger partial charge in [0.2, 0.25) is 5.95 Å². The van der Waals surface area contributed by atoms with Crippen molar-refractivity contribution in [3.05, 3.63) is 65.9 Å². The maximum atomic E-state index is 13.0. The molecule has 1 aromatic heterocycles. The number of ether oxygens (including phenoxy) is 2. The minimum atomic E-state index is 0.0409. The molecular formula is C28H35N5O3. The molecule has 1 fully saturated rings. The predicted octanol–water partition coefficient (Wildman–Crippen LogP) is 5.07. The summed E-state index contributed by atoms with van der Waals surface area (Å²) in [5.74, 6) is 3.06. The summed E-state index contributed by atoms with van der Waals surface area (Å²) in [5, 5.41) is 3.34. The third-order valence-corrected chi connectivity index (χ3v) is 6.17. The van der Waals surface area contributed by atoms with Crippen molar-refractivity contribution in [2.45, 2.75) is 33.1 Å². The number of benzene rings is 2. The number of aromatic nitrogens is 2. The first-order chi connectivity index (χ1) is 17.6. The van der Waals surface area contributed by atoms with E-state index < -0.39 is 0 Å². The predicted molar refractivity (Wildman–Crippen MR) is 143 cm³/mol. The lowest BCUT2D eigenvalue weighted by molar-refractivity contribution is 0.0746. The van der Waals surface area contributed by atoms with Crippen LogP contribution in [0.2, 0.25) is 0 Å². The standard InChI is InChI=1S/C28H35N5O3/c1-4-5-6-19-36-25-11-7-22(8-12-25)27(34)32-15-17-33(18-16-32)28-29-21(2)20-26(31-28)30-23-9-13-24(35-3)14-10-23/h7-14,20H,4-6,15-19H2,1-3H3,(H,29,30,31). The summed E-state index contributed by atoms with van der Waals surface area (Å²) in [4.78, 5) is 26.4. The van der Waals surface area contributed by atoms with Gasteiger partial charge in [0.05, 0.1) is 13.7 Å². The molecule has 190 valence electrons. The molecule has 3 aromatic rings. The van der Waals surface area contributed by atoms with E-state index in [1.807, 2.05) is 66.4 Å². The fourth-order valence-electron chi connectivity index (χ4n) is 4.11. The van der Waals surface area contributed by atoms with Crippen molar-refractivity contribution in [3.63, 3.8) is 0 Å². The summed E-state index contributed by atoms with van der Waals surface area (Å²) in [7, 11) is 1.65. The van der Waals surface area contributed by atoms with Gasteiger partial charge in [0, 0.05) is 49.2 Å². The molecule has 0 bridgehead atoms. The number of anilines is 3. The number of carbonyl (C=O) groups is 1. The first kappa shape index (κ1) is 25.3. The summed E-state index contributed by atoms with van der Waals surface area (Å²) >= 11 is 0. The van der Waals surface area contributed by atoms with E-state index in [1.165, 1.54) is 6.42 Å². The van der Waals surface area contributed by atoms with Gasteiger partial charge in [0.15, 0.2) is 0 Å². The topological polar surface area (TPSA) is 79.8 Å². The lowest BCUT2D eigenvalue weighted by atomic mass is 10.1. The highest BCUT2D eigenvalue weighted by atomic mass is 16.5. The first-order valence-corrected chi connectivity index (χ1v) is 12.6. The highest BCUT2D eigenvalue weighted by Gasteiger charge is 2.24. The SMILES string of the molecule is CCCCCOc1ccc(C(=O)N2CCN(c3nc(C)cc(Nc4ccc(OC)cc4)n3)CC2)cc1.